The van der Waals surface area contributed by atoms with Gasteiger partial charge in [-0.05, 0) is 64.8 Å². The summed E-state index contributed by atoms with van der Waals surface area (Å²) in [5.74, 6) is 2.28. The van der Waals surface area contributed by atoms with Crippen LogP contribution < -0.4 is 15.5 Å². The molecule has 2 rings (SSSR count). The lowest BCUT2D eigenvalue weighted by atomic mass is 10.1. The van der Waals surface area contributed by atoms with E-state index in [2.05, 4.69) is 52.9 Å². The minimum atomic E-state index is -0.560. The van der Waals surface area contributed by atoms with Crippen LogP contribution in [0.25, 0.3) is 0 Å². The minimum absolute atomic E-state index is 0.0323. The lowest BCUT2D eigenvalue weighted by Gasteiger charge is -2.23. The highest BCUT2D eigenvalue weighted by Gasteiger charge is 2.13. The Morgan fingerprint density at radius 1 is 1.17 bits per heavy atom. The molecule has 1 atom stereocenters. The molecule has 3 N–H and O–H groups in total. The number of thioether (sulfide) groups is 1. The molecule has 0 saturated carbocycles. The van der Waals surface area contributed by atoms with Crippen LogP contribution in [0.3, 0.4) is 0 Å². The van der Waals surface area contributed by atoms with E-state index in [9.17, 15) is 5.11 Å². The number of benzene rings is 1. The molecule has 7 nitrogen and oxygen atoms in total. The third-order valence-corrected chi connectivity index (χ3v) is 4.85. The van der Waals surface area contributed by atoms with Crippen molar-refractivity contribution in [2.75, 3.05) is 24.3 Å². The molecule has 0 aliphatic heterocycles. The molecule has 0 saturated heterocycles. The van der Waals surface area contributed by atoms with E-state index in [1.54, 1.807) is 11.8 Å². The fourth-order valence-corrected chi connectivity index (χ4v) is 3.21. The number of hydrazone groups is 1. The summed E-state index contributed by atoms with van der Waals surface area (Å²) in [5, 5.41) is 26.8. The molecule has 1 unspecified atom stereocenters. The molecule has 1 heterocycles. The molecule has 30 heavy (non-hydrogen) atoms. The SMILES string of the molecule is CC(C)=NNc1ccc(SCCc2ccccc2OCC(O)CNC(C)(C)C)nn1. The number of rotatable bonds is 11. The van der Waals surface area contributed by atoms with Crippen LogP contribution in [-0.4, -0.2) is 51.6 Å². The van der Waals surface area contributed by atoms with Gasteiger partial charge in [-0.15, -0.1) is 22.0 Å². The molecular formula is C22H33N5O2S. The predicted molar refractivity (Wildman–Crippen MR) is 125 cm³/mol. The maximum Gasteiger partial charge on any atom is 0.168 e. The van der Waals surface area contributed by atoms with Crippen molar-refractivity contribution in [1.82, 2.24) is 15.5 Å². The molecule has 1 aromatic carbocycles. The van der Waals surface area contributed by atoms with Gasteiger partial charge in [0.05, 0.1) is 0 Å². The molecule has 0 aliphatic carbocycles. The molecule has 0 amide bonds. The van der Waals surface area contributed by atoms with Crippen LogP contribution in [0.1, 0.15) is 40.2 Å². The molecule has 1 aromatic heterocycles. The smallest absolute Gasteiger partial charge is 0.168 e. The number of β-amino-alcohol motifs (C(OH)–C–C–N with tert-alkyl or cyclic N) is 1. The van der Waals surface area contributed by atoms with Gasteiger partial charge in [0.15, 0.2) is 5.82 Å². The first-order chi connectivity index (χ1) is 14.2. The third-order valence-electron chi connectivity index (χ3n) is 3.93. The monoisotopic (exact) mass is 431 g/mol. The summed E-state index contributed by atoms with van der Waals surface area (Å²) in [6.45, 7) is 10.8. The second kappa shape index (κ2) is 11.9. The van der Waals surface area contributed by atoms with Crippen molar-refractivity contribution in [2.24, 2.45) is 5.10 Å². The lowest BCUT2D eigenvalue weighted by Crippen LogP contribution is -2.42. The van der Waals surface area contributed by atoms with Crippen molar-refractivity contribution in [3.05, 3.63) is 42.0 Å². The number of aromatic nitrogens is 2. The van der Waals surface area contributed by atoms with Crippen LogP contribution in [0, 0.1) is 0 Å². The molecular weight excluding hydrogens is 398 g/mol. The minimum Gasteiger partial charge on any atom is -0.491 e. The topological polar surface area (TPSA) is 91.7 Å². The van der Waals surface area contributed by atoms with E-state index in [4.69, 9.17) is 4.74 Å². The summed E-state index contributed by atoms with van der Waals surface area (Å²) < 4.78 is 5.88. The highest BCUT2D eigenvalue weighted by molar-refractivity contribution is 7.99. The average molecular weight is 432 g/mol. The van der Waals surface area contributed by atoms with Gasteiger partial charge >= 0.3 is 0 Å². The van der Waals surface area contributed by atoms with Crippen molar-refractivity contribution in [3.8, 4) is 5.75 Å². The molecule has 0 spiro atoms. The maximum absolute atomic E-state index is 10.2. The summed E-state index contributed by atoms with van der Waals surface area (Å²) in [4.78, 5) is 0. The van der Waals surface area contributed by atoms with Gasteiger partial charge in [0.2, 0.25) is 0 Å². The first kappa shape index (κ1) is 24.1. The summed E-state index contributed by atoms with van der Waals surface area (Å²) in [6, 6.07) is 11.7. The van der Waals surface area contributed by atoms with E-state index in [0.29, 0.717) is 12.4 Å². The normalized spacial score (nSPS) is 12.3. The molecule has 2 aromatic rings. The van der Waals surface area contributed by atoms with Gasteiger partial charge in [-0.25, -0.2) is 0 Å². The van der Waals surface area contributed by atoms with Crippen molar-refractivity contribution in [1.29, 1.82) is 0 Å². The summed E-state index contributed by atoms with van der Waals surface area (Å²) in [5.41, 5.74) is 4.87. The van der Waals surface area contributed by atoms with Crippen LogP contribution in [0.4, 0.5) is 5.82 Å². The van der Waals surface area contributed by atoms with Crippen LogP contribution >= 0.6 is 11.8 Å². The Hall–Kier alpha value is -2.16. The standard InChI is InChI=1S/C22H33N5O2S/c1-16(2)24-25-20-10-11-21(27-26-20)30-13-12-17-8-6-7-9-19(17)29-15-18(28)14-23-22(3,4)5/h6-11,18,23,28H,12-15H2,1-5H3,(H,25,26). The van der Waals surface area contributed by atoms with Gasteiger partial charge in [0, 0.05) is 23.5 Å². The van der Waals surface area contributed by atoms with E-state index in [1.807, 2.05) is 44.2 Å². The molecule has 0 fully saturated rings. The molecule has 0 bridgehead atoms. The van der Waals surface area contributed by atoms with E-state index < -0.39 is 6.10 Å². The number of aliphatic hydroxyl groups excluding tert-OH is 1. The van der Waals surface area contributed by atoms with Gasteiger partial charge in [0.25, 0.3) is 0 Å². The van der Waals surface area contributed by atoms with Crippen LogP contribution in [0.5, 0.6) is 5.75 Å². The van der Waals surface area contributed by atoms with E-state index >= 15 is 0 Å². The van der Waals surface area contributed by atoms with Crippen molar-refractivity contribution in [2.45, 2.75) is 57.7 Å². The largest absolute Gasteiger partial charge is 0.491 e. The Kier molecular flexibility index (Phi) is 9.55. The average Bonchev–Trinajstić information content (AvgIpc) is 2.70. The highest BCUT2D eigenvalue weighted by Crippen LogP contribution is 2.23. The number of nitrogens with one attached hydrogen (secondary N) is 2. The quantitative estimate of drug-likeness (QED) is 0.283. The number of nitrogens with zero attached hydrogens (tertiary/aromatic N) is 3. The van der Waals surface area contributed by atoms with Gasteiger partial charge in [-0.2, -0.15) is 5.10 Å². The van der Waals surface area contributed by atoms with Crippen molar-refractivity contribution < 1.29 is 9.84 Å². The highest BCUT2D eigenvalue weighted by atomic mass is 32.2. The fraction of sp³-hybridized carbons (Fsp3) is 0.500. The zero-order valence-corrected chi connectivity index (χ0v) is 19.3. The van der Waals surface area contributed by atoms with Gasteiger partial charge in [-0.3, -0.25) is 5.43 Å². The number of ether oxygens (including phenoxy) is 1. The maximum atomic E-state index is 10.2. The second-order valence-electron chi connectivity index (χ2n) is 8.23. The molecule has 0 aliphatic rings. The van der Waals surface area contributed by atoms with Crippen LogP contribution in [0.2, 0.25) is 0 Å². The van der Waals surface area contributed by atoms with Gasteiger partial charge < -0.3 is 15.2 Å². The Morgan fingerprint density at radius 2 is 1.93 bits per heavy atom. The predicted octanol–water partition coefficient (Wildman–Crippen LogP) is 3.75. The Labute approximate surface area is 183 Å². The van der Waals surface area contributed by atoms with Crippen molar-refractivity contribution in [3.63, 3.8) is 0 Å². The van der Waals surface area contributed by atoms with Crippen molar-refractivity contribution >= 4 is 23.3 Å². The first-order valence-corrected chi connectivity index (χ1v) is 11.1. The number of aryl methyl sites for hydroxylation is 1. The fourth-order valence-electron chi connectivity index (χ4n) is 2.41. The Morgan fingerprint density at radius 3 is 2.60 bits per heavy atom. The third kappa shape index (κ3) is 9.56. The zero-order valence-electron chi connectivity index (χ0n) is 18.5. The molecule has 164 valence electrons. The van der Waals surface area contributed by atoms with E-state index in [0.717, 1.165) is 34.2 Å². The Balaban J connectivity index is 1.81. The summed E-state index contributed by atoms with van der Waals surface area (Å²) in [7, 11) is 0. The van der Waals surface area contributed by atoms with Crippen LogP contribution in [0.15, 0.2) is 46.5 Å². The summed E-state index contributed by atoms with van der Waals surface area (Å²) in [6.07, 6.45) is 0.271. The first-order valence-electron chi connectivity index (χ1n) is 10.1. The number of anilines is 1. The summed E-state index contributed by atoms with van der Waals surface area (Å²) >= 11 is 1.64. The van der Waals surface area contributed by atoms with E-state index in [1.165, 1.54) is 0 Å². The van der Waals surface area contributed by atoms with Crippen LogP contribution in [-0.2, 0) is 6.42 Å². The number of para-hydroxylation sites is 1. The Bertz CT molecular complexity index is 802. The number of hydrogen-bond acceptors (Lipinski definition) is 8. The lowest BCUT2D eigenvalue weighted by molar-refractivity contribution is 0.0996. The van der Waals surface area contributed by atoms with Gasteiger partial charge in [0.1, 0.15) is 23.5 Å². The molecule has 0 radical (unpaired) electrons. The number of hydrogen-bond donors (Lipinski definition) is 3. The van der Waals surface area contributed by atoms with Gasteiger partial charge in [-0.1, -0.05) is 18.2 Å². The van der Waals surface area contributed by atoms with E-state index in [-0.39, 0.29) is 12.1 Å². The zero-order chi connectivity index (χ0) is 22.0. The second-order valence-corrected chi connectivity index (χ2v) is 9.34. The number of aliphatic hydroxyl groups is 1. The molecule has 8 heteroatoms.